The number of hydrogen-bond donors (Lipinski definition) is 0. The third kappa shape index (κ3) is 2.33. The Hall–Kier alpha value is -0.730. The van der Waals surface area contributed by atoms with E-state index in [1.165, 1.54) is 65.0 Å². The topological polar surface area (TPSA) is 9.49 Å². The van der Waals surface area contributed by atoms with Gasteiger partial charge in [0.1, 0.15) is 0 Å². The molecule has 0 aromatic carbocycles. The molecule has 2 saturated heterocycles. The molecular formula is C13H26N3+. The molecule has 0 amide bonds. The van der Waals surface area contributed by atoms with E-state index in [1.807, 2.05) is 0 Å². The van der Waals surface area contributed by atoms with Gasteiger partial charge in [0.2, 0.25) is 0 Å². The van der Waals surface area contributed by atoms with Gasteiger partial charge in [-0.05, 0) is 25.7 Å². The van der Waals surface area contributed by atoms with Gasteiger partial charge in [0.25, 0.3) is 0 Å². The summed E-state index contributed by atoms with van der Waals surface area (Å²) in [6.07, 6.45) is 5.28. The minimum Gasteiger partial charge on any atom is -0.265 e. The van der Waals surface area contributed by atoms with E-state index in [0.29, 0.717) is 0 Å². The van der Waals surface area contributed by atoms with Crippen LogP contribution >= 0.6 is 0 Å². The van der Waals surface area contributed by atoms with E-state index >= 15 is 0 Å². The fourth-order valence-electron chi connectivity index (χ4n) is 2.92. The quantitative estimate of drug-likeness (QED) is 0.671. The molecule has 0 spiro atoms. The van der Waals surface area contributed by atoms with E-state index in [2.05, 4.69) is 28.2 Å². The predicted molar refractivity (Wildman–Crippen MR) is 68.0 cm³/mol. The van der Waals surface area contributed by atoms with Crippen molar-refractivity contribution in [3.63, 3.8) is 0 Å². The summed E-state index contributed by atoms with van der Waals surface area (Å²) in [6, 6.07) is 0. The first-order valence-corrected chi connectivity index (χ1v) is 6.98. The highest BCUT2D eigenvalue weighted by Crippen LogP contribution is 2.13. The molecular weight excluding hydrogens is 198 g/mol. The number of hydrogen-bond acceptors (Lipinski definition) is 0. The molecule has 0 unspecified atom stereocenters. The summed E-state index contributed by atoms with van der Waals surface area (Å²) >= 11 is 0. The SMILES string of the molecule is CCCN1CCN(CCC)C1=[N+]1CCCC1. The van der Waals surface area contributed by atoms with Crippen LogP contribution in [0.3, 0.4) is 0 Å². The van der Waals surface area contributed by atoms with Gasteiger partial charge < -0.3 is 0 Å². The lowest BCUT2D eigenvalue weighted by Crippen LogP contribution is -2.41. The van der Waals surface area contributed by atoms with Gasteiger partial charge in [-0.2, -0.15) is 0 Å². The van der Waals surface area contributed by atoms with Gasteiger partial charge >= 0.3 is 5.96 Å². The van der Waals surface area contributed by atoms with Crippen LogP contribution < -0.4 is 0 Å². The smallest absolute Gasteiger partial charge is 0.265 e. The van der Waals surface area contributed by atoms with E-state index in [0.717, 1.165) is 0 Å². The van der Waals surface area contributed by atoms with Gasteiger partial charge in [-0.1, -0.05) is 13.8 Å². The van der Waals surface area contributed by atoms with Gasteiger partial charge in [-0.3, -0.25) is 14.4 Å². The lowest BCUT2D eigenvalue weighted by Gasteiger charge is -2.18. The largest absolute Gasteiger partial charge is 0.350 e. The highest BCUT2D eigenvalue weighted by molar-refractivity contribution is 5.77. The van der Waals surface area contributed by atoms with Crippen LogP contribution in [0.2, 0.25) is 0 Å². The molecule has 0 bridgehead atoms. The van der Waals surface area contributed by atoms with E-state index < -0.39 is 0 Å². The Morgan fingerprint density at radius 3 is 1.88 bits per heavy atom. The fraction of sp³-hybridized carbons (Fsp3) is 0.923. The molecule has 2 aliphatic heterocycles. The molecule has 0 atom stereocenters. The minimum absolute atomic E-state index is 1.23. The molecule has 3 nitrogen and oxygen atoms in total. The standard InChI is InChI=1S/C13H26N3/c1-3-7-14-11-12-15(8-4-2)13(14)16-9-5-6-10-16/h3-12H2,1-2H3/q+1. The lowest BCUT2D eigenvalue weighted by atomic mass is 10.4. The number of guanidine groups is 1. The lowest BCUT2D eigenvalue weighted by molar-refractivity contribution is -0.515. The molecule has 16 heavy (non-hydrogen) atoms. The maximum absolute atomic E-state index is 2.61. The first kappa shape index (κ1) is 11.7. The second-order valence-corrected chi connectivity index (χ2v) is 4.97. The molecule has 92 valence electrons. The number of nitrogens with zero attached hydrogens (tertiary/aromatic N) is 3. The second-order valence-electron chi connectivity index (χ2n) is 4.97. The van der Waals surface area contributed by atoms with Crippen LogP contribution in [0, 0.1) is 0 Å². The van der Waals surface area contributed by atoms with Crippen LogP contribution in [-0.4, -0.2) is 59.6 Å². The Bertz CT molecular complexity index is 236. The molecule has 0 aromatic heterocycles. The van der Waals surface area contributed by atoms with E-state index in [9.17, 15) is 0 Å². The minimum atomic E-state index is 1.23. The summed E-state index contributed by atoms with van der Waals surface area (Å²) in [4.78, 5) is 5.20. The normalized spacial score (nSPS) is 21.4. The van der Waals surface area contributed by atoms with Crippen molar-refractivity contribution < 1.29 is 4.58 Å². The van der Waals surface area contributed by atoms with Gasteiger partial charge in [-0.15, -0.1) is 0 Å². The van der Waals surface area contributed by atoms with Crippen molar-refractivity contribution >= 4 is 5.96 Å². The van der Waals surface area contributed by atoms with Crippen molar-refractivity contribution in [2.45, 2.75) is 39.5 Å². The average molecular weight is 224 g/mol. The van der Waals surface area contributed by atoms with Crippen molar-refractivity contribution in [2.75, 3.05) is 39.3 Å². The van der Waals surface area contributed by atoms with Crippen molar-refractivity contribution in [3.8, 4) is 0 Å². The summed E-state index contributed by atoms with van der Waals surface area (Å²) in [7, 11) is 0. The summed E-state index contributed by atoms with van der Waals surface area (Å²) < 4.78 is 2.61. The summed E-state index contributed by atoms with van der Waals surface area (Å²) in [5.74, 6) is 1.54. The zero-order valence-corrected chi connectivity index (χ0v) is 10.9. The van der Waals surface area contributed by atoms with Crippen LogP contribution in [-0.2, 0) is 0 Å². The van der Waals surface area contributed by atoms with E-state index in [1.54, 1.807) is 5.96 Å². The molecule has 2 aliphatic rings. The number of rotatable bonds is 4. The van der Waals surface area contributed by atoms with Crippen LogP contribution in [0.25, 0.3) is 0 Å². The van der Waals surface area contributed by atoms with Crippen LogP contribution in [0.1, 0.15) is 39.5 Å². The highest BCUT2D eigenvalue weighted by Gasteiger charge is 2.35. The maximum Gasteiger partial charge on any atom is 0.350 e. The van der Waals surface area contributed by atoms with Gasteiger partial charge in [-0.25, -0.2) is 0 Å². The highest BCUT2D eigenvalue weighted by atomic mass is 15.5. The Labute approximate surface area is 99.7 Å². The van der Waals surface area contributed by atoms with Crippen molar-refractivity contribution in [2.24, 2.45) is 0 Å². The van der Waals surface area contributed by atoms with Crippen molar-refractivity contribution in [1.82, 2.24) is 9.80 Å². The zero-order chi connectivity index (χ0) is 11.4. The summed E-state index contributed by atoms with van der Waals surface area (Å²) in [5.41, 5.74) is 0. The Morgan fingerprint density at radius 1 is 0.938 bits per heavy atom. The van der Waals surface area contributed by atoms with E-state index in [-0.39, 0.29) is 0 Å². The van der Waals surface area contributed by atoms with Crippen LogP contribution in [0.4, 0.5) is 0 Å². The van der Waals surface area contributed by atoms with Gasteiger partial charge in [0, 0.05) is 0 Å². The average Bonchev–Trinajstić information content (AvgIpc) is 2.88. The third-order valence-electron chi connectivity index (χ3n) is 3.58. The first-order valence-electron chi connectivity index (χ1n) is 6.98. The predicted octanol–water partition coefficient (Wildman–Crippen LogP) is 1.59. The molecule has 0 saturated carbocycles. The molecule has 0 aromatic rings. The molecule has 3 heteroatoms. The van der Waals surface area contributed by atoms with Gasteiger partial charge in [0.05, 0.1) is 39.3 Å². The fourth-order valence-corrected chi connectivity index (χ4v) is 2.92. The van der Waals surface area contributed by atoms with Crippen LogP contribution in [0.5, 0.6) is 0 Å². The Morgan fingerprint density at radius 2 is 1.44 bits per heavy atom. The molecule has 2 heterocycles. The van der Waals surface area contributed by atoms with Gasteiger partial charge in [0.15, 0.2) is 0 Å². The Balaban J connectivity index is 2.14. The summed E-state index contributed by atoms with van der Waals surface area (Å²) in [6.45, 7) is 12.0. The molecule has 0 radical (unpaired) electrons. The maximum atomic E-state index is 2.61. The molecule has 0 aliphatic carbocycles. The molecule has 0 N–H and O–H groups in total. The second kappa shape index (κ2) is 5.55. The third-order valence-corrected chi connectivity index (χ3v) is 3.58. The molecule has 2 fully saturated rings. The van der Waals surface area contributed by atoms with Crippen molar-refractivity contribution in [3.05, 3.63) is 0 Å². The van der Waals surface area contributed by atoms with Crippen LogP contribution in [0.15, 0.2) is 0 Å². The van der Waals surface area contributed by atoms with E-state index in [4.69, 9.17) is 0 Å². The zero-order valence-electron chi connectivity index (χ0n) is 10.9. The monoisotopic (exact) mass is 224 g/mol. The molecule has 2 rings (SSSR count). The van der Waals surface area contributed by atoms with Crippen molar-refractivity contribution in [1.29, 1.82) is 0 Å². The summed E-state index contributed by atoms with van der Waals surface area (Å²) in [5, 5.41) is 0. The Kier molecular flexibility index (Phi) is 4.08. The first-order chi connectivity index (χ1) is 7.86.